The van der Waals surface area contributed by atoms with E-state index in [1.54, 1.807) is 0 Å². The molecule has 3 nitrogen and oxygen atoms in total. The molecule has 17 heavy (non-hydrogen) atoms. The van der Waals surface area contributed by atoms with Crippen molar-refractivity contribution in [2.24, 2.45) is 5.73 Å². The molecule has 4 heteroatoms. The fraction of sp³-hybridized carbons (Fsp3) is 0.538. The van der Waals surface area contributed by atoms with Crippen molar-refractivity contribution in [3.63, 3.8) is 0 Å². The van der Waals surface area contributed by atoms with E-state index in [0.29, 0.717) is 13.2 Å². The number of hydrogen-bond acceptors (Lipinski definition) is 3. The number of nitrogens with zero attached hydrogens (tertiary/aromatic N) is 1. The second-order valence-corrected chi connectivity index (χ2v) is 3.76. The third-order valence-corrected chi connectivity index (χ3v) is 2.51. The molecule has 0 aliphatic carbocycles. The molecule has 2 N–H and O–H groups in total. The highest BCUT2D eigenvalue weighted by molar-refractivity contribution is 5.85. The topological polar surface area (TPSA) is 38.5 Å². The number of halogens is 1. The van der Waals surface area contributed by atoms with E-state index in [4.69, 9.17) is 10.5 Å². The largest absolute Gasteiger partial charge is 0.379 e. The number of ether oxygens (including phenoxy) is 1. The highest BCUT2D eigenvalue weighted by atomic mass is 35.5. The smallest absolute Gasteiger partial charge is 0.0594 e. The van der Waals surface area contributed by atoms with Gasteiger partial charge < -0.3 is 10.5 Å². The Morgan fingerprint density at radius 1 is 1.18 bits per heavy atom. The van der Waals surface area contributed by atoms with Gasteiger partial charge in [-0.3, -0.25) is 4.90 Å². The Balaban J connectivity index is 0.00000256. The van der Waals surface area contributed by atoms with Gasteiger partial charge in [-0.05, 0) is 12.1 Å². The molecule has 0 radical (unpaired) electrons. The molecule has 0 saturated carbocycles. The van der Waals surface area contributed by atoms with Gasteiger partial charge in [0.2, 0.25) is 0 Å². The number of hydrogen-bond donors (Lipinski definition) is 1. The quantitative estimate of drug-likeness (QED) is 0.724. The van der Waals surface area contributed by atoms with Crippen LogP contribution in [0.5, 0.6) is 0 Å². The molecule has 0 bridgehead atoms. The SMILES string of the molecule is CCN(CCOCCN)Cc1ccccc1.Cl. The molecule has 0 saturated heterocycles. The lowest BCUT2D eigenvalue weighted by Crippen LogP contribution is -2.27. The summed E-state index contributed by atoms with van der Waals surface area (Å²) >= 11 is 0. The van der Waals surface area contributed by atoms with Crippen LogP contribution in [-0.2, 0) is 11.3 Å². The molecule has 0 amide bonds. The summed E-state index contributed by atoms with van der Waals surface area (Å²) in [7, 11) is 0. The van der Waals surface area contributed by atoms with Gasteiger partial charge in [-0.25, -0.2) is 0 Å². The molecule has 0 aliphatic heterocycles. The van der Waals surface area contributed by atoms with Gasteiger partial charge in [-0.15, -0.1) is 12.4 Å². The van der Waals surface area contributed by atoms with E-state index >= 15 is 0 Å². The highest BCUT2D eigenvalue weighted by Gasteiger charge is 2.02. The molecule has 0 spiro atoms. The fourth-order valence-corrected chi connectivity index (χ4v) is 1.57. The first-order chi connectivity index (χ1) is 7.86. The zero-order valence-corrected chi connectivity index (χ0v) is 11.3. The van der Waals surface area contributed by atoms with E-state index in [1.165, 1.54) is 5.56 Å². The van der Waals surface area contributed by atoms with Crippen molar-refractivity contribution in [3.05, 3.63) is 35.9 Å². The first kappa shape index (κ1) is 16.4. The molecular formula is C13H23ClN2O. The summed E-state index contributed by atoms with van der Waals surface area (Å²) in [5, 5.41) is 0. The molecular weight excluding hydrogens is 236 g/mol. The maximum atomic E-state index is 5.39. The van der Waals surface area contributed by atoms with E-state index in [0.717, 1.165) is 26.2 Å². The molecule has 0 atom stereocenters. The number of rotatable bonds is 8. The minimum absolute atomic E-state index is 0. The van der Waals surface area contributed by atoms with Crippen LogP contribution in [0.1, 0.15) is 12.5 Å². The number of likely N-dealkylation sites (N-methyl/N-ethyl adjacent to an activating group) is 1. The van der Waals surface area contributed by atoms with Crippen LogP contribution in [0.3, 0.4) is 0 Å². The minimum atomic E-state index is 0. The lowest BCUT2D eigenvalue weighted by atomic mass is 10.2. The summed E-state index contributed by atoms with van der Waals surface area (Å²) in [6, 6.07) is 10.5. The molecule has 98 valence electrons. The highest BCUT2D eigenvalue weighted by Crippen LogP contribution is 2.03. The van der Waals surface area contributed by atoms with Crippen molar-refractivity contribution >= 4 is 12.4 Å². The first-order valence-corrected chi connectivity index (χ1v) is 5.91. The Kier molecular flexibility index (Phi) is 10.2. The maximum Gasteiger partial charge on any atom is 0.0594 e. The molecule has 0 aromatic heterocycles. The number of benzene rings is 1. The predicted octanol–water partition coefficient (Wildman–Crippen LogP) is 1.91. The summed E-state index contributed by atoms with van der Waals surface area (Å²) in [5.74, 6) is 0. The van der Waals surface area contributed by atoms with Crippen molar-refractivity contribution in [2.45, 2.75) is 13.5 Å². The van der Waals surface area contributed by atoms with Gasteiger partial charge >= 0.3 is 0 Å². The van der Waals surface area contributed by atoms with Crippen LogP contribution in [-0.4, -0.2) is 37.7 Å². The first-order valence-electron chi connectivity index (χ1n) is 5.91. The lowest BCUT2D eigenvalue weighted by Gasteiger charge is -2.20. The lowest BCUT2D eigenvalue weighted by molar-refractivity contribution is 0.108. The average Bonchev–Trinajstić information content (AvgIpc) is 2.34. The average molecular weight is 259 g/mol. The van der Waals surface area contributed by atoms with Gasteiger partial charge in [0, 0.05) is 19.6 Å². The third-order valence-electron chi connectivity index (χ3n) is 2.51. The Bertz CT molecular complexity index is 269. The van der Waals surface area contributed by atoms with E-state index in [2.05, 4.69) is 36.1 Å². The predicted molar refractivity (Wildman–Crippen MR) is 74.5 cm³/mol. The van der Waals surface area contributed by atoms with Gasteiger partial charge in [0.25, 0.3) is 0 Å². The van der Waals surface area contributed by atoms with Crippen LogP contribution in [0.15, 0.2) is 30.3 Å². The fourth-order valence-electron chi connectivity index (χ4n) is 1.57. The summed E-state index contributed by atoms with van der Waals surface area (Å²) in [5.41, 5.74) is 6.71. The summed E-state index contributed by atoms with van der Waals surface area (Å²) < 4.78 is 5.39. The minimum Gasteiger partial charge on any atom is -0.379 e. The van der Waals surface area contributed by atoms with E-state index in [9.17, 15) is 0 Å². The van der Waals surface area contributed by atoms with Crippen molar-refractivity contribution in [1.29, 1.82) is 0 Å². The van der Waals surface area contributed by atoms with Gasteiger partial charge in [0.1, 0.15) is 0 Å². The number of nitrogens with two attached hydrogens (primary N) is 1. The van der Waals surface area contributed by atoms with Crippen LogP contribution >= 0.6 is 12.4 Å². The normalized spacial score (nSPS) is 10.3. The van der Waals surface area contributed by atoms with Crippen LogP contribution in [0.4, 0.5) is 0 Å². The van der Waals surface area contributed by atoms with Gasteiger partial charge in [0.15, 0.2) is 0 Å². The maximum absolute atomic E-state index is 5.39. The van der Waals surface area contributed by atoms with Crippen LogP contribution in [0.25, 0.3) is 0 Å². The molecule has 0 heterocycles. The standard InChI is InChI=1S/C13H22N2O.ClH/c1-2-15(9-11-16-10-8-14)12-13-6-4-3-5-7-13;/h3-7H,2,8-12,14H2,1H3;1H. The molecule has 1 aromatic carbocycles. The van der Waals surface area contributed by atoms with Crippen LogP contribution in [0.2, 0.25) is 0 Å². The summed E-state index contributed by atoms with van der Waals surface area (Å²) in [6.07, 6.45) is 0. The molecule has 0 fully saturated rings. The van der Waals surface area contributed by atoms with Crippen molar-refractivity contribution in [1.82, 2.24) is 4.90 Å². The van der Waals surface area contributed by atoms with Gasteiger partial charge in [-0.2, -0.15) is 0 Å². The van der Waals surface area contributed by atoms with Crippen LogP contribution < -0.4 is 5.73 Å². The van der Waals surface area contributed by atoms with Crippen molar-refractivity contribution in [3.8, 4) is 0 Å². The summed E-state index contributed by atoms with van der Waals surface area (Å²) in [6.45, 7) is 7.19. The zero-order valence-electron chi connectivity index (χ0n) is 10.5. The monoisotopic (exact) mass is 258 g/mol. The van der Waals surface area contributed by atoms with Gasteiger partial charge in [-0.1, -0.05) is 37.3 Å². The molecule has 1 rings (SSSR count). The Hall–Kier alpha value is -0.610. The van der Waals surface area contributed by atoms with E-state index in [1.807, 2.05) is 6.07 Å². The molecule has 1 aromatic rings. The zero-order chi connectivity index (χ0) is 11.6. The Morgan fingerprint density at radius 3 is 2.47 bits per heavy atom. The van der Waals surface area contributed by atoms with Crippen molar-refractivity contribution < 1.29 is 4.74 Å². The van der Waals surface area contributed by atoms with Crippen LogP contribution in [0, 0.1) is 0 Å². The molecule has 0 aliphatic rings. The summed E-state index contributed by atoms with van der Waals surface area (Å²) in [4.78, 5) is 2.37. The molecule has 0 unspecified atom stereocenters. The second-order valence-electron chi connectivity index (χ2n) is 3.76. The second kappa shape index (κ2) is 10.5. The van der Waals surface area contributed by atoms with Crippen molar-refractivity contribution in [2.75, 3.05) is 32.8 Å². The van der Waals surface area contributed by atoms with Gasteiger partial charge in [0.05, 0.1) is 13.2 Å². The Morgan fingerprint density at radius 2 is 1.88 bits per heavy atom. The third kappa shape index (κ3) is 7.34. The Labute approximate surface area is 110 Å². The van der Waals surface area contributed by atoms with E-state index in [-0.39, 0.29) is 12.4 Å². The van der Waals surface area contributed by atoms with E-state index < -0.39 is 0 Å².